The fourth-order valence-corrected chi connectivity index (χ4v) is 3.12. The number of aryl methyl sites for hydroxylation is 1. The van der Waals surface area contributed by atoms with Crippen LogP contribution in [0, 0.1) is 13.8 Å². The minimum Gasteiger partial charge on any atom is -0.369 e. The van der Waals surface area contributed by atoms with Crippen LogP contribution in [-0.2, 0) is 17.7 Å². The molecule has 1 amide bonds. The molecule has 0 radical (unpaired) electrons. The molecule has 0 saturated carbocycles. The molecule has 2 N–H and O–H groups in total. The van der Waals surface area contributed by atoms with E-state index in [9.17, 15) is 4.79 Å². The van der Waals surface area contributed by atoms with Gasteiger partial charge in [-0.15, -0.1) is 0 Å². The number of nitrogens with zero attached hydrogens (tertiary/aromatic N) is 1. The Labute approximate surface area is 136 Å². The summed E-state index contributed by atoms with van der Waals surface area (Å²) in [4.78, 5) is 12.5. The largest absolute Gasteiger partial charge is 0.369 e. The number of H-pyrrole nitrogens is 1. The minimum absolute atomic E-state index is 0.0539. The van der Waals surface area contributed by atoms with Crippen LogP contribution in [0.1, 0.15) is 58.4 Å². The molecule has 2 heterocycles. The lowest BCUT2D eigenvalue weighted by molar-refractivity contribution is -0.00697. The molecule has 1 aliphatic rings. The first-order chi connectivity index (χ1) is 11.0. The number of benzene rings is 1. The molecule has 5 nitrogen and oxygen atoms in total. The van der Waals surface area contributed by atoms with Gasteiger partial charge < -0.3 is 10.1 Å². The average molecular weight is 313 g/mol. The second-order valence-corrected chi connectivity index (χ2v) is 6.30. The average Bonchev–Trinajstić information content (AvgIpc) is 2.92. The van der Waals surface area contributed by atoms with Gasteiger partial charge in [0.2, 0.25) is 0 Å². The summed E-state index contributed by atoms with van der Waals surface area (Å²) in [6.07, 6.45) is 0.755. The maximum absolute atomic E-state index is 12.5. The van der Waals surface area contributed by atoms with E-state index in [4.69, 9.17) is 4.74 Å². The van der Waals surface area contributed by atoms with Gasteiger partial charge in [-0.2, -0.15) is 5.10 Å². The van der Waals surface area contributed by atoms with Crippen molar-refractivity contribution in [2.24, 2.45) is 0 Å². The minimum atomic E-state index is -0.135. The van der Waals surface area contributed by atoms with Crippen molar-refractivity contribution < 1.29 is 9.53 Å². The predicted molar refractivity (Wildman–Crippen MR) is 88.3 cm³/mol. The summed E-state index contributed by atoms with van der Waals surface area (Å²) in [5.74, 6) is -0.135. The van der Waals surface area contributed by atoms with Crippen LogP contribution >= 0.6 is 0 Å². The highest BCUT2D eigenvalue weighted by Gasteiger charge is 2.29. The number of carbonyl (C=O) groups excluding carboxylic acids is 1. The molecule has 0 spiro atoms. The van der Waals surface area contributed by atoms with Crippen LogP contribution in [0.25, 0.3) is 0 Å². The molecule has 0 saturated heterocycles. The highest BCUT2D eigenvalue weighted by atomic mass is 16.5. The van der Waals surface area contributed by atoms with Crippen molar-refractivity contribution in [3.05, 3.63) is 51.8 Å². The fourth-order valence-electron chi connectivity index (χ4n) is 3.12. The lowest BCUT2D eigenvalue weighted by atomic mass is 9.99. The molecule has 1 aromatic carbocycles. The molecule has 1 aliphatic heterocycles. The molecular weight excluding hydrogens is 290 g/mol. The second-order valence-electron chi connectivity index (χ2n) is 6.30. The van der Waals surface area contributed by atoms with Crippen LogP contribution in [0.15, 0.2) is 18.2 Å². The monoisotopic (exact) mass is 313 g/mol. The molecule has 0 aliphatic carbocycles. The van der Waals surface area contributed by atoms with Crippen LogP contribution in [0.3, 0.4) is 0 Å². The van der Waals surface area contributed by atoms with E-state index in [1.165, 1.54) is 11.1 Å². The molecule has 5 heteroatoms. The van der Waals surface area contributed by atoms with Gasteiger partial charge >= 0.3 is 0 Å². The van der Waals surface area contributed by atoms with Crippen LogP contribution in [0.5, 0.6) is 0 Å². The van der Waals surface area contributed by atoms with Gasteiger partial charge in [0.25, 0.3) is 5.91 Å². The highest BCUT2D eigenvalue weighted by molar-refractivity contribution is 5.94. The van der Waals surface area contributed by atoms with Crippen molar-refractivity contribution in [1.82, 2.24) is 15.5 Å². The summed E-state index contributed by atoms with van der Waals surface area (Å²) in [5.41, 5.74) is 5.97. The number of amides is 1. The summed E-state index contributed by atoms with van der Waals surface area (Å²) in [7, 11) is 0. The van der Waals surface area contributed by atoms with Crippen molar-refractivity contribution in [2.45, 2.75) is 52.9 Å². The van der Waals surface area contributed by atoms with Crippen LogP contribution < -0.4 is 5.32 Å². The summed E-state index contributed by atoms with van der Waals surface area (Å²) < 4.78 is 5.76. The molecular formula is C18H23N3O2. The van der Waals surface area contributed by atoms with Gasteiger partial charge in [-0.05, 0) is 44.4 Å². The van der Waals surface area contributed by atoms with Crippen LogP contribution in [-0.4, -0.2) is 22.2 Å². The smallest absolute Gasteiger partial charge is 0.272 e. The second kappa shape index (κ2) is 6.16. The highest BCUT2D eigenvalue weighted by Crippen LogP contribution is 2.30. The Morgan fingerprint density at radius 1 is 1.39 bits per heavy atom. The third-order valence-electron chi connectivity index (χ3n) is 4.60. The first-order valence-electron chi connectivity index (χ1n) is 8.03. The Kier molecular flexibility index (Phi) is 4.22. The van der Waals surface area contributed by atoms with Crippen LogP contribution in [0.2, 0.25) is 0 Å². The third kappa shape index (κ3) is 3.01. The van der Waals surface area contributed by atoms with Crippen LogP contribution in [0.4, 0.5) is 0 Å². The maximum atomic E-state index is 12.5. The van der Waals surface area contributed by atoms with Gasteiger partial charge in [0, 0.05) is 18.5 Å². The maximum Gasteiger partial charge on any atom is 0.272 e. The quantitative estimate of drug-likeness (QED) is 0.915. The number of ether oxygens (including phenoxy) is 1. The predicted octanol–water partition coefficient (Wildman–Crippen LogP) is 2.98. The van der Waals surface area contributed by atoms with E-state index >= 15 is 0 Å². The lowest BCUT2D eigenvalue weighted by Gasteiger charge is -2.25. The Morgan fingerprint density at radius 2 is 2.17 bits per heavy atom. The molecule has 1 aromatic heterocycles. The standard InChI is InChI=1S/C18H23N3O2/c1-10-6-5-7-14(12(10)3)9-19-18(22)17-15-8-11(2)23-13(4)16(15)20-21-17/h5-7,11,13H,8-9H2,1-4H3,(H,19,22)(H,20,21)/t11-,13+/m1/s1. The van der Waals surface area contributed by atoms with E-state index in [1.54, 1.807) is 0 Å². The van der Waals surface area contributed by atoms with E-state index < -0.39 is 0 Å². The number of aromatic nitrogens is 2. The summed E-state index contributed by atoms with van der Waals surface area (Å²) >= 11 is 0. The van der Waals surface area contributed by atoms with Crippen molar-refractivity contribution in [3.63, 3.8) is 0 Å². The van der Waals surface area contributed by atoms with Gasteiger partial charge in [0.15, 0.2) is 5.69 Å². The summed E-state index contributed by atoms with van der Waals surface area (Å²) in [6, 6.07) is 6.13. The summed E-state index contributed by atoms with van der Waals surface area (Å²) in [6.45, 7) is 8.66. The lowest BCUT2D eigenvalue weighted by Crippen LogP contribution is -2.27. The summed E-state index contributed by atoms with van der Waals surface area (Å²) in [5, 5.41) is 10.2. The zero-order valence-corrected chi connectivity index (χ0v) is 14.1. The van der Waals surface area contributed by atoms with Crippen molar-refractivity contribution in [1.29, 1.82) is 0 Å². The molecule has 23 heavy (non-hydrogen) atoms. The normalized spacial score (nSPS) is 20.2. The Hall–Kier alpha value is -2.14. The Balaban J connectivity index is 1.76. The number of hydrogen-bond acceptors (Lipinski definition) is 3. The van der Waals surface area contributed by atoms with E-state index in [2.05, 4.69) is 35.4 Å². The van der Waals surface area contributed by atoms with E-state index in [-0.39, 0.29) is 18.1 Å². The van der Waals surface area contributed by atoms with Gasteiger partial charge in [-0.3, -0.25) is 9.89 Å². The zero-order valence-electron chi connectivity index (χ0n) is 14.1. The van der Waals surface area contributed by atoms with Gasteiger partial charge in [-0.1, -0.05) is 18.2 Å². The third-order valence-corrected chi connectivity index (χ3v) is 4.60. The number of fused-ring (bicyclic) bond motifs is 1. The van der Waals surface area contributed by atoms with E-state index in [1.807, 2.05) is 26.0 Å². The molecule has 2 atom stereocenters. The topological polar surface area (TPSA) is 67.0 Å². The molecule has 3 rings (SSSR count). The number of carbonyl (C=O) groups is 1. The molecule has 122 valence electrons. The molecule has 0 unspecified atom stereocenters. The fraction of sp³-hybridized carbons (Fsp3) is 0.444. The number of hydrogen-bond donors (Lipinski definition) is 2. The van der Waals surface area contributed by atoms with Gasteiger partial charge in [0.1, 0.15) is 0 Å². The molecule has 2 aromatic rings. The SMILES string of the molecule is Cc1cccc(CNC(=O)c2n[nH]c3c2C[C@@H](C)O[C@H]3C)c1C. The molecule has 0 bridgehead atoms. The first kappa shape index (κ1) is 15.7. The van der Waals surface area contributed by atoms with Crippen molar-refractivity contribution in [2.75, 3.05) is 0 Å². The van der Waals surface area contributed by atoms with Crippen molar-refractivity contribution >= 4 is 5.91 Å². The van der Waals surface area contributed by atoms with Gasteiger partial charge in [0.05, 0.1) is 17.9 Å². The molecule has 0 fully saturated rings. The van der Waals surface area contributed by atoms with Gasteiger partial charge in [-0.25, -0.2) is 0 Å². The van der Waals surface area contributed by atoms with Crippen molar-refractivity contribution in [3.8, 4) is 0 Å². The number of aromatic amines is 1. The first-order valence-corrected chi connectivity index (χ1v) is 8.03. The number of nitrogens with one attached hydrogen (secondary N) is 2. The Bertz CT molecular complexity index is 736. The van der Waals surface area contributed by atoms with E-state index in [0.717, 1.165) is 16.8 Å². The zero-order chi connectivity index (χ0) is 16.6. The Morgan fingerprint density at radius 3 is 2.96 bits per heavy atom. The van der Waals surface area contributed by atoms with E-state index in [0.29, 0.717) is 18.7 Å². The number of rotatable bonds is 3.